The summed E-state index contributed by atoms with van der Waals surface area (Å²) in [5, 5.41) is 16.3. The van der Waals surface area contributed by atoms with E-state index in [9.17, 15) is 14.4 Å². The Labute approximate surface area is 166 Å². The lowest BCUT2D eigenvalue weighted by Crippen LogP contribution is -2.29. The van der Waals surface area contributed by atoms with Crippen LogP contribution in [0.5, 0.6) is 0 Å². The van der Waals surface area contributed by atoms with Gasteiger partial charge in [-0.1, -0.05) is 12.1 Å². The number of esters is 1. The summed E-state index contributed by atoms with van der Waals surface area (Å²) in [6.45, 7) is 0.109. The van der Waals surface area contributed by atoms with E-state index in [-0.39, 0.29) is 43.2 Å². The standard InChI is InChI=1S/C15H12N2O4S.2CH4O.ClH/c1-21-13(18)6-9-8-22-12(16-9)7-17-14(19)10-4-2-3-5-11(10)15(17)20;2*1-2;/h2-5,8H,6-7H2,1H3;2*2H,1H3;1H. The van der Waals surface area contributed by atoms with Crippen molar-refractivity contribution in [1.29, 1.82) is 0 Å². The Balaban J connectivity index is 0.00000127. The molecule has 1 aliphatic rings. The molecule has 0 unspecified atom stereocenters. The molecule has 0 bridgehead atoms. The quantitative estimate of drug-likeness (QED) is 0.569. The van der Waals surface area contributed by atoms with Crippen molar-refractivity contribution in [2.75, 3.05) is 21.3 Å². The number of carbonyl (C=O) groups excluding carboxylic acids is 3. The van der Waals surface area contributed by atoms with Gasteiger partial charge in [0.15, 0.2) is 0 Å². The monoisotopic (exact) mass is 416 g/mol. The van der Waals surface area contributed by atoms with E-state index in [1.165, 1.54) is 23.3 Å². The summed E-state index contributed by atoms with van der Waals surface area (Å²) >= 11 is 1.31. The second-order valence-electron chi connectivity index (χ2n) is 4.73. The lowest BCUT2D eigenvalue weighted by Gasteiger charge is -2.11. The van der Waals surface area contributed by atoms with Crippen LogP contribution in [0.3, 0.4) is 0 Å². The molecule has 8 nitrogen and oxygen atoms in total. The summed E-state index contributed by atoms with van der Waals surface area (Å²) in [5.41, 5.74) is 1.40. The number of nitrogens with zero attached hydrogens (tertiary/aromatic N) is 2. The highest BCUT2D eigenvalue weighted by Gasteiger charge is 2.35. The molecule has 1 aromatic heterocycles. The van der Waals surface area contributed by atoms with E-state index >= 15 is 0 Å². The number of fused-ring (bicyclic) bond motifs is 1. The number of benzene rings is 1. The number of aromatic nitrogens is 1. The van der Waals surface area contributed by atoms with Crippen LogP contribution < -0.4 is 0 Å². The molecule has 0 saturated carbocycles. The van der Waals surface area contributed by atoms with Crippen LogP contribution in [0.4, 0.5) is 0 Å². The highest BCUT2D eigenvalue weighted by atomic mass is 35.5. The molecule has 0 aliphatic carbocycles. The fourth-order valence-electron chi connectivity index (χ4n) is 2.24. The molecule has 1 aliphatic heterocycles. The van der Waals surface area contributed by atoms with Crippen LogP contribution in [0.25, 0.3) is 0 Å². The summed E-state index contributed by atoms with van der Waals surface area (Å²) < 4.78 is 4.58. The zero-order valence-corrected chi connectivity index (χ0v) is 16.7. The van der Waals surface area contributed by atoms with E-state index in [0.717, 1.165) is 14.2 Å². The molecular formula is C17H21ClN2O6S. The van der Waals surface area contributed by atoms with Crippen LogP contribution in [0.2, 0.25) is 0 Å². The zero-order valence-electron chi connectivity index (χ0n) is 15.0. The van der Waals surface area contributed by atoms with Gasteiger partial charge >= 0.3 is 5.97 Å². The van der Waals surface area contributed by atoms with Crippen LogP contribution in [0.15, 0.2) is 29.6 Å². The van der Waals surface area contributed by atoms with Gasteiger partial charge in [0, 0.05) is 19.6 Å². The van der Waals surface area contributed by atoms with Crippen molar-refractivity contribution >= 4 is 41.5 Å². The van der Waals surface area contributed by atoms with Crippen LogP contribution in [0, 0.1) is 0 Å². The summed E-state index contributed by atoms with van der Waals surface area (Å²) in [6, 6.07) is 6.73. The Morgan fingerprint density at radius 1 is 1.11 bits per heavy atom. The Hall–Kier alpha value is -2.33. The van der Waals surface area contributed by atoms with E-state index in [4.69, 9.17) is 10.2 Å². The molecule has 10 heteroatoms. The maximum atomic E-state index is 12.3. The first-order valence-electron chi connectivity index (χ1n) is 7.45. The minimum absolute atomic E-state index is 0. The van der Waals surface area contributed by atoms with E-state index in [0.29, 0.717) is 21.8 Å². The second-order valence-corrected chi connectivity index (χ2v) is 5.67. The van der Waals surface area contributed by atoms with Crippen molar-refractivity contribution in [2.45, 2.75) is 13.0 Å². The third kappa shape index (κ3) is 5.83. The van der Waals surface area contributed by atoms with Gasteiger partial charge in [0.2, 0.25) is 0 Å². The molecule has 0 fully saturated rings. The molecule has 0 atom stereocenters. The van der Waals surface area contributed by atoms with Gasteiger partial charge in [-0.15, -0.1) is 23.7 Å². The SMILES string of the molecule is CO.CO.COC(=O)Cc1csc(CN2C(=O)c3ccccc3C2=O)n1.Cl. The average molecular weight is 417 g/mol. The number of hydrogen-bond donors (Lipinski definition) is 2. The third-order valence-electron chi connectivity index (χ3n) is 3.32. The summed E-state index contributed by atoms with van der Waals surface area (Å²) in [4.78, 5) is 41.1. The molecule has 2 heterocycles. The van der Waals surface area contributed by atoms with Gasteiger partial charge in [0.1, 0.15) is 5.01 Å². The molecule has 2 amide bonds. The Morgan fingerprint density at radius 2 is 1.63 bits per heavy atom. The number of thiazole rings is 1. The topological polar surface area (TPSA) is 117 Å². The predicted molar refractivity (Wildman–Crippen MR) is 102 cm³/mol. The average Bonchev–Trinajstić information content (AvgIpc) is 3.23. The first-order valence-corrected chi connectivity index (χ1v) is 8.33. The highest BCUT2D eigenvalue weighted by molar-refractivity contribution is 7.09. The fourth-order valence-corrected chi connectivity index (χ4v) is 3.02. The van der Waals surface area contributed by atoms with Gasteiger partial charge in [0.25, 0.3) is 11.8 Å². The lowest BCUT2D eigenvalue weighted by molar-refractivity contribution is -0.139. The van der Waals surface area contributed by atoms with Crippen LogP contribution in [-0.2, 0) is 22.5 Å². The molecule has 0 radical (unpaired) electrons. The van der Waals surface area contributed by atoms with Crippen molar-refractivity contribution in [3.05, 3.63) is 51.5 Å². The first kappa shape index (κ1) is 24.7. The van der Waals surface area contributed by atoms with E-state index in [2.05, 4.69) is 9.72 Å². The Kier molecular flexibility index (Phi) is 11.1. The largest absolute Gasteiger partial charge is 0.469 e. The molecule has 1 aromatic carbocycles. The molecule has 27 heavy (non-hydrogen) atoms. The summed E-state index contributed by atoms with van der Waals surface area (Å²) in [6.07, 6.45) is 0.0785. The van der Waals surface area contributed by atoms with Gasteiger partial charge in [-0.2, -0.15) is 0 Å². The normalized spacial score (nSPS) is 11.4. The maximum absolute atomic E-state index is 12.3. The van der Waals surface area contributed by atoms with E-state index < -0.39 is 0 Å². The number of aliphatic hydroxyl groups is 2. The fraction of sp³-hybridized carbons (Fsp3) is 0.294. The summed E-state index contributed by atoms with van der Waals surface area (Å²) in [7, 11) is 3.31. The van der Waals surface area contributed by atoms with E-state index in [1.807, 2.05) is 0 Å². The number of imide groups is 1. The number of carbonyl (C=O) groups is 3. The molecule has 0 spiro atoms. The molecule has 2 aromatic rings. The smallest absolute Gasteiger partial charge is 0.311 e. The Bertz CT molecular complexity index is 745. The van der Waals surface area contributed by atoms with Crippen LogP contribution in [0.1, 0.15) is 31.4 Å². The van der Waals surface area contributed by atoms with Gasteiger partial charge in [-0.25, -0.2) is 4.98 Å². The maximum Gasteiger partial charge on any atom is 0.311 e. The van der Waals surface area contributed by atoms with E-state index in [1.54, 1.807) is 29.6 Å². The highest BCUT2D eigenvalue weighted by Crippen LogP contribution is 2.25. The Morgan fingerprint density at radius 3 is 2.11 bits per heavy atom. The third-order valence-corrected chi connectivity index (χ3v) is 4.21. The lowest BCUT2D eigenvalue weighted by atomic mass is 10.1. The molecular weight excluding hydrogens is 396 g/mol. The number of halogens is 1. The minimum atomic E-state index is -0.377. The minimum Gasteiger partial charge on any atom is -0.469 e. The number of rotatable bonds is 4. The van der Waals surface area contributed by atoms with Gasteiger partial charge in [-0.05, 0) is 12.1 Å². The zero-order chi connectivity index (χ0) is 19.7. The van der Waals surface area contributed by atoms with Crippen molar-refractivity contribution in [1.82, 2.24) is 9.88 Å². The molecule has 148 valence electrons. The second kappa shape index (κ2) is 12.1. The molecule has 0 saturated heterocycles. The number of amides is 2. The number of hydrogen-bond acceptors (Lipinski definition) is 8. The van der Waals surface area contributed by atoms with Crippen LogP contribution >= 0.6 is 23.7 Å². The van der Waals surface area contributed by atoms with Crippen molar-refractivity contribution in [3.8, 4) is 0 Å². The number of methoxy groups -OCH3 is 1. The molecule has 2 N–H and O–H groups in total. The number of aliphatic hydroxyl groups excluding tert-OH is 2. The summed E-state index contributed by atoms with van der Waals surface area (Å²) in [5.74, 6) is -1.01. The van der Waals surface area contributed by atoms with Crippen molar-refractivity contribution < 1.29 is 29.3 Å². The molecule has 3 rings (SSSR count). The first-order chi connectivity index (χ1) is 12.6. The predicted octanol–water partition coefficient (Wildman–Crippen LogP) is 1.29. The van der Waals surface area contributed by atoms with Crippen molar-refractivity contribution in [2.24, 2.45) is 0 Å². The number of ether oxygens (including phenoxy) is 1. The van der Waals surface area contributed by atoms with Gasteiger partial charge < -0.3 is 14.9 Å². The van der Waals surface area contributed by atoms with Gasteiger partial charge in [0.05, 0.1) is 36.9 Å². The van der Waals surface area contributed by atoms with Crippen molar-refractivity contribution in [3.63, 3.8) is 0 Å². The van der Waals surface area contributed by atoms with Crippen LogP contribution in [-0.4, -0.2) is 59.2 Å². The van der Waals surface area contributed by atoms with Gasteiger partial charge in [-0.3, -0.25) is 19.3 Å².